The normalized spacial score (nSPS) is 15.7. The highest BCUT2D eigenvalue weighted by Gasteiger charge is 2.09. The summed E-state index contributed by atoms with van der Waals surface area (Å²) in [6.07, 6.45) is 1.11. The van der Waals surface area contributed by atoms with Crippen molar-refractivity contribution in [3.8, 4) is 0 Å². The zero-order valence-corrected chi connectivity index (χ0v) is 18.2. The molecule has 0 aliphatic carbocycles. The van der Waals surface area contributed by atoms with E-state index in [0.717, 1.165) is 62.8 Å². The number of nitrogens with zero attached hydrogens (tertiary/aromatic N) is 2. The van der Waals surface area contributed by atoms with Crippen molar-refractivity contribution < 1.29 is 4.74 Å². The van der Waals surface area contributed by atoms with Crippen molar-refractivity contribution in [2.24, 2.45) is 4.99 Å². The van der Waals surface area contributed by atoms with Gasteiger partial charge in [0.25, 0.3) is 0 Å². The molecular formula is C17H28BrIN4O. The van der Waals surface area contributed by atoms with Crippen molar-refractivity contribution in [1.29, 1.82) is 0 Å². The second-order valence-electron chi connectivity index (χ2n) is 5.56. The Kier molecular flexibility index (Phi) is 11.7. The third-order valence-corrected chi connectivity index (χ3v) is 4.25. The number of nitrogens with one attached hydrogen (secondary N) is 2. The molecule has 0 unspecified atom stereocenters. The Morgan fingerprint density at radius 1 is 1.21 bits per heavy atom. The number of aliphatic imine (C=N–C) groups is 1. The average molecular weight is 511 g/mol. The number of guanidine groups is 1. The standard InChI is InChI=1S/C17H27BrN4O.HI/c1-2-19-17(21-14-15-4-6-16(18)7-5-15)20-8-3-9-22-10-12-23-13-11-22;/h4-7H,2-3,8-14H2,1H3,(H2,19,20,21);1H. The molecule has 2 rings (SSSR count). The summed E-state index contributed by atoms with van der Waals surface area (Å²) >= 11 is 3.45. The number of hydrogen-bond acceptors (Lipinski definition) is 3. The summed E-state index contributed by atoms with van der Waals surface area (Å²) in [6.45, 7) is 9.53. The van der Waals surface area contributed by atoms with Crippen LogP contribution in [-0.2, 0) is 11.3 Å². The molecule has 0 amide bonds. The Morgan fingerprint density at radius 3 is 2.58 bits per heavy atom. The number of ether oxygens (including phenoxy) is 1. The number of benzene rings is 1. The fourth-order valence-corrected chi connectivity index (χ4v) is 2.70. The van der Waals surface area contributed by atoms with Crippen LogP contribution >= 0.6 is 39.9 Å². The molecule has 1 saturated heterocycles. The average Bonchev–Trinajstić information content (AvgIpc) is 2.59. The molecule has 1 aliphatic heterocycles. The number of morpholine rings is 1. The van der Waals surface area contributed by atoms with Crippen LogP contribution in [0, 0.1) is 0 Å². The maximum absolute atomic E-state index is 5.37. The van der Waals surface area contributed by atoms with Gasteiger partial charge in [-0.25, -0.2) is 4.99 Å². The Morgan fingerprint density at radius 2 is 1.92 bits per heavy atom. The Hall–Kier alpha value is -0.380. The fraction of sp³-hybridized carbons (Fsp3) is 0.588. The molecule has 1 heterocycles. The molecule has 5 nitrogen and oxygen atoms in total. The summed E-state index contributed by atoms with van der Waals surface area (Å²) in [7, 11) is 0. The largest absolute Gasteiger partial charge is 0.379 e. The molecule has 24 heavy (non-hydrogen) atoms. The monoisotopic (exact) mass is 510 g/mol. The number of rotatable bonds is 7. The van der Waals surface area contributed by atoms with Gasteiger partial charge in [0.15, 0.2) is 5.96 Å². The molecule has 7 heteroatoms. The highest BCUT2D eigenvalue weighted by Crippen LogP contribution is 2.11. The minimum Gasteiger partial charge on any atom is -0.379 e. The first-order valence-electron chi connectivity index (χ1n) is 8.34. The molecule has 0 bridgehead atoms. The van der Waals surface area contributed by atoms with Gasteiger partial charge in [0.05, 0.1) is 19.8 Å². The first kappa shape index (κ1) is 21.7. The Bertz CT molecular complexity index is 478. The van der Waals surface area contributed by atoms with Crippen molar-refractivity contribution in [2.45, 2.75) is 19.9 Å². The van der Waals surface area contributed by atoms with Crippen LogP contribution in [0.2, 0.25) is 0 Å². The quantitative estimate of drug-likeness (QED) is 0.256. The summed E-state index contributed by atoms with van der Waals surface area (Å²) in [5.41, 5.74) is 1.21. The van der Waals surface area contributed by atoms with Gasteiger partial charge in [0, 0.05) is 30.7 Å². The third kappa shape index (κ3) is 8.64. The fourth-order valence-electron chi connectivity index (χ4n) is 2.44. The van der Waals surface area contributed by atoms with Crippen molar-refractivity contribution in [3.63, 3.8) is 0 Å². The van der Waals surface area contributed by atoms with Gasteiger partial charge < -0.3 is 15.4 Å². The lowest BCUT2D eigenvalue weighted by Gasteiger charge is -2.26. The Balaban J connectivity index is 0.00000288. The zero-order chi connectivity index (χ0) is 16.3. The summed E-state index contributed by atoms with van der Waals surface area (Å²) < 4.78 is 6.46. The van der Waals surface area contributed by atoms with Crippen molar-refractivity contribution in [3.05, 3.63) is 34.3 Å². The molecule has 0 atom stereocenters. The van der Waals surface area contributed by atoms with Crippen LogP contribution < -0.4 is 10.6 Å². The lowest BCUT2D eigenvalue weighted by atomic mass is 10.2. The van der Waals surface area contributed by atoms with E-state index in [9.17, 15) is 0 Å². The van der Waals surface area contributed by atoms with Crippen molar-refractivity contribution in [1.82, 2.24) is 15.5 Å². The lowest BCUT2D eigenvalue weighted by Crippen LogP contribution is -2.40. The summed E-state index contributed by atoms with van der Waals surface area (Å²) in [5.74, 6) is 0.886. The maximum atomic E-state index is 5.37. The van der Waals surface area contributed by atoms with Crippen molar-refractivity contribution in [2.75, 3.05) is 45.9 Å². The van der Waals surface area contributed by atoms with Gasteiger partial charge in [0.1, 0.15) is 0 Å². The summed E-state index contributed by atoms with van der Waals surface area (Å²) in [5, 5.41) is 6.71. The molecule has 1 fully saturated rings. The van der Waals surface area contributed by atoms with Crippen LogP contribution in [0.1, 0.15) is 18.9 Å². The minimum absolute atomic E-state index is 0. The maximum Gasteiger partial charge on any atom is 0.191 e. The predicted octanol–water partition coefficient (Wildman–Crippen LogP) is 2.84. The predicted molar refractivity (Wildman–Crippen MR) is 114 cm³/mol. The van der Waals surface area contributed by atoms with Crippen LogP contribution in [0.3, 0.4) is 0 Å². The zero-order valence-electron chi connectivity index (χ0n) is 14.3. The van der Waals surface area contributed by atoms with E-state index in [4.69, 9.17) is 4.74 Å². The van der Waals surface area contributed by atoms with Gasteiger partial charge in [-0.2, -0.15) is 0 Å². The molecule has 0 spiro atoms. The molecule has 1 aromatic rings. The van der Waals surface area contributed by atoms with E-state index in [1.807, 2.05) is 12.1 Å². The van der Waals surface area contributed by atoms with E-state index in [1.165, 1.54) is 5.56 Å². The summed E-state index contributed by atoms with van der Waals surface area (Å²) in [6, 6.07) is 8.28. The van der Waals surface area contributed by atoms with E-state index >= 15 is 0 Å². The van der Waals surface area contributed by atoms with E-state index in [0.29, 0.717) is 6.54 Å². The van der Waals surface area contributed by atoms with Crippen LogP contribution in [0.25, 0.3) is 0 Å². The molecule has 1 aromatic carbocycles. The highest BCUT2D eigenvalue weighted by molar-refractivity contribution is 14.0. The van der Waals surface area contributed by atoms with Gasteiger partial charge >= 0.3 is 0 Å². The van der Waals surface area contributed by atoms with Crippen LogP contribution in [0.15, 0.2) is 33.7 Å². The van der Waals surface area contributed by atoms with Crippen LogP contribution in [0.5, 0.6) is 0 Å². The van der Waals surface area contributed by atoms with Crippen molar-refractivity contribution >= 4 is 45.9 Å². The van der Waals surface area contributed by atoms with Gasteiger partial charge in [-0.1, -0.05) is 28.1 Å². The molecular weight excluding hydrogens is 483 g/mol. The third-order valence-electron chi connectivity index (χ3n) is 3.72. The van der Waals surface area contributed by atoms with E-state index in [-0.39, 0.29) is 24.0 Å². The second-order valence-corrected chi connectivity index (χ2v) is 6.47. The van der Waals surface area contributed by atoms with Gasteiger partial charge in [-0.3, -0.25) is 4.90 Å². The van der Waals surface area contributed by atoms with E-state index in [2.05, 4.69) is 55.5 Å². The Labute approximate surface area is 170 Å². The summed E-state index contributed by atoms with van der Waals surface area (Å²) in [4.78, 5) is 7.10. The first-order chi connectivity index (χ1) is 11.3. The molecule has 0 aromatic heterocycles. The van der Waals surface area contributed by atoms with Gasteiger partial charge in [-0.15, -0.1) is 24.0 Å². The van der Waals surface area contributed by atoms with Gasteiger partial charge in [-0.05, 0) is 37.6 Å². The van der Waals surface area contributed by atoms with Crippen LogP contribution in [0.4, 0.5) is 0 Å². The number of halogens is 2. The van der Waals surface area contributed by atoms with E-state index < -0.39 is 0 Å². The minimum atomic E-state index is 0. The van der Waals surface area contributed by atoms with Crippen LogP contribution in [-0.4, -0.2) is 56.8 Å². The van der Waals surface area contributed by atoms with E-state index in [1.54, 1.807) is 0 Å². The van der Waals surface area contributed by atoms with Gasteiger partial charge in [0.2, 0.25) is 0 Å². The molecule has 0 saturated carbocycles. The smallest absolute Gasteiger partial charge is 0.191 e. The molecule has 0 radical (unpaired) electrons. The lowest BCUT2D eigenvalue weighted by molar-refractivity contribution is 0.0376. The SMILES string of the molecule is CCNC(=NCc1ccc(Br)cc1)NCCCN1CCOCC1.I. The second kappa shape index (κ2) is 12.9. The topological polar surface area (TPSA) is 48.9 Å². The molecule has 2 N–H and O–H groups in total. The molecule has 136 valence electrons. The number of hydrogen-bond donors (Lipinski definition) is 2. The first-order valence-corrected chi connectivity index (χ1v) is 9.14. The molecule has 1 aliphatic rings. The highest BCUT2D eigenvalue weighted by atomic mass is 127.